The van der Waals surface area contributed by atoms with Crippen LogP contribution in [-0.2, 0) is 13.6 Å². The van der Waals surface area contributed by atoms with E-state index in [1.54, 1.807) is 24.1 Å². The van der Waals surface area contributed by atoms with E-state index in [0.29, 0.717) is 6.07 Å². The van der Waals surface area contributed by atoms with Crippen molar-refractivity contribution in [2.24, 2.45) is 7.05 Å². The maximum atomic E-state index is 13.2. The van der Waals surface area contributed by atoms with Gasteiger partial charge in [0.15, 0.2) is 11.6 Å². The first-order valence-electron chi connectivity index (χ1n) is 4.92. The lowest BCUT2D eigenvalue weighted by Crippen LogP contribution is -2.02. The number of aryl methyl sites for hydroxylation is 1. The number of hydrogen-bond acceptors (Lipinski definition) is 2. The van der Waals surface area contributed by atoms with Gasteiger partial charge >= 0.3 is 0 Å². The summed E-state index contributed by atoms with van der Waals surface area (Å²) in [6.07, 6.45) is 3.34. The van der Waals surface area contributed by atoms with Gasteiger partial charge in [0.25, 0.3) is 0 Å². The van der Waals surface area contributed by atoms with Crippen LogP contribution >= 0.6 is 0 Å². The van der Waals surface area contributed by atoms with Crippen LogP contribution in [0.25, 0.3) is 0 Å². The predicted octanol–water partition coefficient (Wildman–Crippen LogP) is 2.45. The van der Waals surface area contributed by atoms with Gasteiger partial charge in [-0.3, -0.25) is 4.68 Å². The van der Waals surface area contributed by atoms with Crippen LogP contribution in [0.5, 0.6) is 0 Å². The molecule has 0 atom stereocenters. The number of halogens is 3. The van der Waals surface area contributed by atoms with Gasteiger partial charge in [-0.25, -0.2) is 13.2 Å². The monoisotopic (exact) mass is 241 g/mol. The minimum absolute atomic E-state index is 0.0762. The van der Waals surface area contributed by atoms with Crippen LogP contribution < -0.4 is 5.32 Å². The fraction of sp³-hybridized carbons (Fsp3) is 0.182. The zero-order chi connectivity index (χ0) is 12.4. The Morgan fingerprint density at radius 1 is 1.18 bits per heavy atom. The first kappa shape index (κ1) is 11.5. The Bertz CT molecular complexity index is 537. The highest BCUT2D eigenvalue weighted by Gasteiger charge is 2.09. The average molecular weight is 241 g/mol. The summed E-state index contributed by atoms with van der Waals surface area (Å²) in [7, 11) is 1.75. The number of nitrogens with one attached hydrogen (secondary N) is 1. The Balaban J connectivity index is 2.11. The Morgan fingerprint density at radius 2 is 1.88 bits per heavy atom. The molecule has 0 radical (unpaired) electrons. The first-order chi connectivity index (χ1) is 8.06. The minimum Gasteiger partial charge on any atom is -0.378 e. The molecule has 1 aromatic carbocycles. The molecule has 0 unspecified atom stereocenters. The Labute approximate surface area is 95.9 Å². The van der Waals surface area contributed by atoms with Crippen molar-refractivity contribution in [3.63, 3.8) is 0 Å². The van der Waals surface area contributed by atoms with Crippen LogP contribution in [0, 0.1) is 17.5 Å². The van der Waals surface area contributed by atoms with E-state index in [1.165, 1.54) is 0 Å². The summed E-state index contributed by atoms with van der Waals surface area (Å²) in [4.78, 5) is 0. The van der Waals surface area contributed by atoms with Crippen LogP contribution in [0.15, 0.2) is 24.5 Å². The maximum absolute atomic E-state index is 13.2. The lowest BCUT2D eigenvalue weighted by Gasteiger charge is -2.06. The zero-order valence-electron chi connectivity index (χ0n) is 9.04. The highest BCUT2D eigenvalue weighted by Crippen LogP contribution is 2.18. The third-order valence-corrected chi connectivity index (χ3v) is 2.25. The van der Waals surface area contributed by atoms with E-state index in [1.807, 2.05) is 0 Å². The fourth-order valence-electron chi connectivity index (χ4n) is 1.42. The summed E-state index contributed by atoms with van der Waals surface area (Å²) in [6, 6.07) is 1.31. The maximum Gasteiger partial charge on any atom is 0.161 e. The summed E-state index contributed by atoms with van der Waals surface area (Å²) < 4.78 is 40.4. The minimum atomic E-state index is -1.20. The average Bonchev–Trinajstić information content (AvgIpc) is 2.68. The van der Waals surface area contributed by atoms with E-state index in [-0.39, 0.29) is 12.2 Å². The summed E-state index contributed by atoms with van der Waals surface area (Å²) >= 11 is 0. The molecular formula is C11H10F3N3. The van der Waals surface area contributed by atoms with Gasteiger partial charge in [-0.05, 0) is 0 Å². The quantitative estimate of drug-likeness (QED) is 0.836. The summed E-state index contributed by atoms with van der Waals surface area (Å²) in [5.41, 5.74) is 0.740. The van der Waals surface area contributed by atoms with E-state index in [2.05, 4.69) is 10.4 Å². The van der Waals surface area contributed by atoms with Crippen molar-refractivity contribution in [1.82, 2.24) is 9.78 Å². The fourth-order valence-corrected chi connectivity index (χ4v) is 1.42. The van der Waals surface area contributed by atoms with Gasteiger partial charge in [-0.2, -0.15) is 5.10 Å². The van der Waals surface area contributed by atoms with Gasteiger partial charge in [0.1, 0.15) is 5.82 Å². The van der Waals surface area contributed by atoms with E-state index >= 15 is 0 Å². The third kappa shape index (κ3) is 2.58. The van der Waals surface area contributed by atoms with E-state index < -0.39 is 17.5 Å². The Kier molecular flexibility index (Phi) is 3.03. The molecule has 0 spiro atoms. The van der Waals surface area contributed by atoms with Crippen molar-refractivity contribution < 1.29 is 13.2 Å². The molecule has 17 heavy (non-hydrogen) atoms. The van der Waals surface area contributed by atoms with Crippen LogP contribution in [0.2, 0.25) is 0 Å². The molecule has 0 saturated heterocycles. The van der Waals surface area contributed by atoms with Crippen molar-refractivity contribution in [1.29, 1.82) is 0 Å². The van der Waals surface area contributed by atoms with Crippen molar-refractivity contribution in [2.75, 3.05) is 5.32 Å². The zero-order valence-corrected chi connectivity index (χ0v) is 9.04. The molecule has 90 valence electrons. The number of hydrogen-bond donors (Lipinski definition) is 1. The van der Waals surface area contributed by atoms with Crippen LogP contribution in [0.1, 0.15) is 5.56 Å². The Morgan fingerprint density at radius 3 is 2.53 bits per heavy atom. The third-order valence-electron chi connectivity index (χ3n) is 2.25. The van der Waals surface area contributed by atoms with Crippen molar-refractivity contribution in [3.05, 3.63) is 47.5 Å². The van der Waals surface area contributed by atoms with Gasteiger partial charge in [-0.15, -0.1) is 0 Å². The second-order valence-electron chi connectivity index (χ2n) is 3.62. The number of benzene rings is 1. The number of nitrogens with zero attached hydrogens (tertiary/aromatic N) is 2. The highest BCUT2D eigenvalue weighted by molar-refractivity contribution is 5.45. The summed E-state index contributed by atoms with van der Waals surface area (Å²) in [6.45, 7) is 0.288. The van der Waals surface area contributed by atoms with Gasteiger partial charge in [0.05, 0.1) is 11.9 Å². The lowest BCUT2D eigenvalue weighted by molar-refractivity contribution is 0.496. The van der Waals surface area contributed by atoms with Crippen LogP contribution in [0.4, 0.5) is 18.9 Å². The second kappa shape index (κ2) is 4.48. The molecule has 1 N–H and O–H groups in total. The molecular weight excluding hydrogens is 231 g/mol. The lowest BCUT2D eigenvalue weighted by atomic mass is 10.2. The normalized spacial score (nSPS) is 10.6. The standard InChI is InChI=1S/C11H10F3N3/c1-17-6-7(5-16-17)4-15-11-3-9(13)8(12)2-10(11)14/h2-3,5-6,15H,4H2,1H3. The smallest absolute Gasteiger partial charge is 0.161 e. The molecule has 3 nitrogen and oxygen atoms in total. The molecule has 2 rings (SSSR count). The summed E-state index contributed by atoms with van der Waals surface area (Å²) in [5.74, 6) is -3.11. The summed E-state index contributed by atoms with van der Waals surface area (Å²) in [5, 5.41) is 6.61. The van der Waals surface area contributed by atoms with E-state index in [4.69, 9.17) is 0 Å². The van der Waals surface area contributed by atoms with Crippen LogP contribution in [-0.4, -0.2) is 9.78 Å². The van der Waals surface area contributed by atoms with Gasteiger partial charge in [0.2, 0.25) is 0 Å². The van der Waals surface area contributed by atoms with Gasteiger partial charge < -0.3 is 5.32 Å². The molecule has 0 aliphatic rings. The highest BCUT2D eigenvalue weighted by atomic mass is 19.2. The van der Waals surface area contributed by atoms with Gasteiger partial charge in [0, 0.05) is 37.5 Å². The molecule has 1 aromatic heterocycles. The molecule has 0 fully saturated rings. The molecule has 6 heteroatoms. The van der Waals surface area contributed by atoms with Gasteiger partial charge in [-0.1, -0.05) is 0 Å². The Hall–Kier alpha value is -1.98. The first-order valence-corrected chi connectivity index (χ1v) is 4.92. The topological polar surface area (TPSA) is 29.9 Å². The van der Waals surface area contributed by atoms with Crippen molar-refractivity contribution in [3.8, 4) is 0 Å². The molecule has 0 amide bonds. The number of aromatic nitrogens is 2. The number of rotatable bonds is 3. The largest absolute Gasteiger partial charge is 0.378 e. The van der Waals surface area contributed by atoms with E-state index in [0.717, 1.165) is 11.6 Å². The number of anilines is 1. The van der Waals surface area contributed by atoms with E-state index in [9.17, 15) is 13.2 Å². The molecule has 0 saturated carbocycles. The molecule has 1 heterocycles. The molecule has 0 bridgehead atoms. The SMILES string of the molecule is Cn1cc(CNc2cc(F)c(F)cc2F)cn1. The van der Waals surface area contributed by atoms with Crippen molar-refractivity contribution >= 4 is 5.69 Å². The molecule has 0 aliphatic heterocycles. The van der Waals surface area contributed by atoms with Crippen molar-refractivity contribution in [2.45, 2.75) is 6.54 Å². The molecule has 2 aromatic rings. The second-order valence-corrected chi connectivity index (χ2v) is 3.62. The van der Waals surface area contributed by atoms with Crippen LogP contribution in [0.3, 0.4) is 0 Å². The molecule has 0 aliphatic carbocycles. The predicted molar refractivity (Wildman–Crippen MR) is 56.9 cm³/mol.